The van der Waals surface area contributed by atoms with Gasteiger partial charge in [0.2, 0.25) is 10.0 Å². The predicted molar refractivity (Wildman–Crippen MR) is 95.1 cm³/mol. The topological polar surface area (TPSA) is 52.7 Å². The van der Waals surface area contributed by atoms with Crippen LogP contribution >= 0.6 is 12.4 Å². The molecule has 1 atom stereocenters. The Morgan fingerprint density at radius 1 is 1.08 bits per heavy atom. The molecule has 0 radical (unpaired) electrons. The van der Waals surface area contributed by atoms with Gasteiger partial charge in [0.15, 0.2) is 0 Å². The lowest BCUT2D eigenvalue weighted by atomic mass is 10.1. The fourth-order valence-electron chi connectivity index (χ4n) is 3.43. The van der Waals surface area contributed by atoms with Crippen molar-refractivity contribution in [3.63, 3.8) is 0 Å². The summed E-state index contributed by atoms with van der Waals surface area (Å²) in [6.45, 7) is 4.51. The van der Waals surface area contributed by atoms with Crippen molar-refractivity contribution in [1.82, 2.24) is 14.5 Å². The molecule has 2 saturated heterocycles. The highest BCUT2D eigenvalue weighted by Gasteiger charge is 2.35. The van der Waals surface area contributed by atoms with Crippen LogP contribution in [0.15, 0.2) is 29.2 Å². The average molecular weight is 414 g/mol. The van der Waals surface area contributed by atoms with Gasteiger partial charge < -0.3 is 5.32 Å². The van der Waals surface area contributed by atoms with Gasteiger partial charge in [0.25, 0.3) is 0 Å². The first-order valence-electron chi connectivity index (χ1n) is 8.36. The predicted octanol–water partition coefficient (Wildman–Crippen LogP) is 1.88. The zero-order chi connectivity index (χ0) is 18.1. The number of nitrogens with zero attached hydrogens (tertiary/aromatic N) is 2. The van der Waals surface area contributed by atoms with E-state index in [0.29, 0.717) is 13.1 Å². The number of piperazine rings is 1. The molecule has 0 aliphatic carbocycles. The van der Waals surface area contributed by atoms with Crippen LogP contribution < -0.4 is 5.32 Å². The molecule has 1 N–H and O–H groups in total. The molecule has 2 heterocycles. The van der Waals surface area contributed by atoms with Crippen molar-refractivity contribution in [1.29, 1.82) is 0 Å². The Bertz CT molecular complexity index is 692. The summed E-state index contributed by atoms with van der Waals surface area (Å²) in [6, 6.07) is 5.23. The van der Waals surface area contributed by atoms with Crippen LogP contribution in [-0.4, -0.2) is 69.1 Å². The maximum atomic E-state index is 12.7. The molecule has 0 bridgehead atoms. The minimum Gasteiger partial charge on any atom is -0.314 e. The van der Waals surface area contributed by atoms with Gasteiger partial charge in [-0.15, -0.1) is 12.4 Å². The largest absolute Gasteiger partial charge is 0.393 e. The van der Waals surface area contributed by atoms with E-state index in [1.807, 2.05) is 0 Å². The Kier molecular flexibility index (Phi) is 6.95. The summed E-state index contributed by atoms with van der Waals surface area (Å²) in [7, 11) is -3.66. The van der Waals surface area contributed by atoms with Crippen LogP contribution in [-0.2, 0) is 16.4 Å². The SMILES string of the molecule is Cl.O=S(=O)(c1ccc(CC(F)(F)F)cc1)N1CCC(N2CCNCC2)C1. The van der Waals surface area contributed by atoms with Gasteiger partial charge >= 0.3 is 6.18 Å². The van der Waals surface area contributed by atoms with Gasteiger partial charge in [-0.2, -0.15) is 17.5 Å². The van der Waals surface area contributed by atoms with E-state index in [1.165, 1.54) is 28.6 Å². The number of benzene rings is 1. The van der Waals surface area contributed by atoms with Gasteiger partial charge in [-0.3, -0.25) is 4.90 Å². The Balaban J connectivity index is 0.00000243. The Hall–Kier alpha value is -0.870. The molecular weight excluding hydrogens is 391 g/mol. The summed E-state index contributed by atoms with van der Waals surface area (Å²) >= 11 is 0. The molecular formula is C16H23ClF3N3O2S. The van der Waals surface area contributed by atoms with Crippen LogP contribution in [0.25, 0.3) is 0 Å². The standard InChI is InChI=1S/C16H22F3N3O2S.ClH/c17-16(18,19)11-13-1-3-15(4-2-13)25(23,24)22-8-5-14(12-22)21-9-6-20-7-10-21;/h1-4,14,20H,5-12H2;1H. The zero-order valence-corrected chi connectivity index (χ0v) is 15.8. The molecule has 0 saturated carbocycles. The molecule has 148 valence electrons. The zero-order valence-electron chi connectivity index (χ0n) is 14.2. The molecule has 1 aromatic carbocycles. The molecule has 2 aliphatic heterocycles. The maximum absolute atomic E-state index is 12.7. The summed E-state index contributed by atoms with van der Waals surface area (Å²) in [5, 5.41) is 3.27. The first-order valence-corrected chi connectivity index (χ1v) is 9.80. The van der Waals surface area contributed by atoms with Crippen LogP contribution in [0.4, 0.5) is 13.2 Å². The highest BCUT2D eigenvalue weighted by molar-refractivity contribution is 7.89. The third kappa shape index (κ3) is 5.10. The number of halogens is 4. The summed E-state index contributed by atoms with van der Waals surface area (Å²) in [5.41, 5.74) is 0.0616. The van der Waals surface area contributed by atoms with Crippen molar-refractivity contribution in [3.05, 3.63) is 29.8 Å². The van der Waals surface area contributed by atoms with Gasteiger partial charge in [0.1, 0.15) is 0 Å². The van der Waals surface area contributed by atoms with Crippen molar-refractivity contribution in [2.45, 2.75) is 30.0 Å². The molecule has 0 spiro atoms. The molecule has 0 amide bonds. The van der Waals surface area contributed by atoms with E-state index in [1.54, 1.807) is 0 Å². The van der Waals surface area contributed by atoms with Crippen LogP contribution in [0.3, 0.4) is 0 Å². The third-order valence-electron chi connectivity index (χ3n) is 4.76. The van der Waals surface area contributed by atoms with Crippen molar-refractivity contribution in [2.24, 2.45) is 0 Å². The fourth-order valence-corrected chi connectivity index (χ4v) is 4.93. The summed E-state index contributed by atoms with van der Waals surface area (Å²) in [6.07, 6.45) is -4.57. The van der Waals surface area contributed by atoms with E-state index < -0.39 is 22.6 Å². The van der Waals surface area contributed by atoms with Crippen molar-refractivity contribution < 1.29 is 21.6 Å². The number of nitrogens with one attached hydrogen (secondary N) is 1. The quantitative estimate of drug-likeness (QED) is 0.819. The number of alkyl halides is 3. The fraction of sp³-hybridized carbons (Fsp3) is 0.625. The molecule has 10 heteroatoms. The highest BCUT2D eigenvalue weighted by Crippen LogP contribution is 2.26. The Morgan fingerprint density at radius 2 is 1.69 bits per heavy atom. The second-order valence-corrected chi connectivity index (χ2v) is 8.47. The molecule has 1 aromatic rings. The minimum atomic E-state index is -4.30. The van der Waals surface area contributed by atoms with Gasteiger partial charge in [-0.05, 0) is 24.1 Å². The highest BCUT2D eigenvalue weighted by atomic mass is 35.5. The van der Waals surface area contributed by atoms with Crippen molar-refractivity contribution in [3.8, 4) is 0 Å². The van der Waals surface area contributed by atoms with E-state index in [2.05, 4.69) is 10.2 Å². The average Bonchev–Trinajstić information content (AvgIpc) is 3.05. The van der Waals surface area contributed by atoms with E-state index in [0.717, 1.165) is 32.6 Å². The van der Waals surface area contributed by atoms with Crippen LogP contribution in [0.5, 0.6) is 0 Å². The lowest BCUT2D eigenvalue weighted by Gasteiger charge is -2.32. The molecule has 1 unspecified atom stereocenters. The molecule has 26 heavy (non-hydrogen) atoms. The third-order valence-corrected chi connectivity index (χ3v) is 6.64. The summed E-state index contributed by atoms with van der Waals surface area (Å²) in [5.74, 6) is 0. The number of sulfonamides is 1. The molecule has 3 rings (SSSR count). The van der Waals surface area contributed by atoms with E-state index in [4.69, 9.17) is 0 Å². The van der Waals surface area contributed by atoms with Gasteiger partial charge in [0.05, 0.1) is 11.3 Å². The van der Waals surface area contributed by atoms with E-state index in [-0.39, 0.29) is 28.9 Å². The monoisotopic (exact) mass is 413 g/mol. The van der Waals surface area contributed by atoms with Crippen LogP contribution in [0.2, 0.25) is 0 Å². The lowest BCUT2D eigenvalue weighted by molar-refractivity contribution is -0.127. The van der Waals surface area contributed by atoms with Crippen molar-refractivity contribution in [2.75, 3.05) is 39.3 Å². The van der Waals surface area contributed by atoms with Crippen molar-refractivity contribution >= 4 is 22.4 Å². The first-order chi connectivity index (χ1) is 11.8. The van der Waals surface area contributed by atoms with Gasteiger partial charge in [-0.1, -0.05) is 12.1 Å². The number of hydrogen-bond acceptors (Lipinski definition) is 4. The van der Waals surface area contributed by atoms with Gasteiger partial charge in [0, 0.05) is 45.3 Å². The number of rotatable bonds is 4. The molecule has 0 aromatic heterocycles. The smallest absolute Gasteiger partial charge is 0.314 e. The maximum Gasteiger partial charge on any atom is 0.393 e. The molecule has 5 nitrogen and oxygen atoms in total. The Labute approximate surface area is 158 Å². The molecule has 2 fully saturated rings. The minimum absolute atomic E-state index is 0. The van der Waals surface area contributed by atoms with E-state index >= 15 is 0 Å². The second-order valence-electron chi connectivity index (χ2n) is 6.53. The Morgan fingerprint density at radius 3 is 2.27 bits per heavy atom. The second kappa shape index (κ2) is 8.43. The summed E-state index contributed by atoms with van der Waals surface area (Å²) in [4.78, 5) is 2.36. The van der Waals surface area contributed by atoms with Crippen LogP contribution in [0, 0.1) is 0 Å². The summed E-state index contributed by atoms with van der Waals surface area (Å²) < 4.78 is 64.1. The molecule has 2 aliphatic rings. The van der Waals surface area contributed by atoms with Crippen LogP contribution in [0.1, 0.15) is 12.0 Å². The normalized spacial score (nSPS) is 23.0. The number of hydrogen-bond donors (Lipinski definition) is 1. The van der Waals surface area contributed by atoms with Gasteiger partial charge in [-0.25, -0.2) is 8.42 Å². The van der Waals surface area contributed by atoms with E-state index in [9.17, 15) is 21.6 Å². The first kappa shape index (κ1) is 21.4. The lowest BCUT2D eigenvalue weighted by Crippen LogP contribution is -2.49.